The molecular weight excluding hydrogens is 355 g/mol. The predicted octanol–water partition coefficient (Wildman–Crippen LogP) is 5.84. The van der Waals surface area contributed by atoms with Crippen LogP contribution < -0.4 is 0 Å². The van der Waals surface area contributed by atoms with Crippen molar-refractivity contribution in [2.24, 2.45) is 0 Å². The largest absolute Gasteiger partial charge is 0.309 e. The average Bonchev–Trinajstić information content (AvgIpc) is 2.53. The minimum atomic E-state index is -0.419. The number of nitro groups is 1. The first-order valence-electron chi connectivity index (χ1n) is 6.59. The fourth-order valence-corrected chi connectivity index (χ4v) is 3.41. The Morgan fingerprint density at radius 2 is 1.91 bits per heavy atom. The fourth-order valence-electron chi connectivity index (χ4n) is 2.45. The van der Waals surface area contributed by atoms with E-state index in [4.69, 9.17) is 23.2 Å². The van der Waals surface area contributed by atoms with Gasteiger partial charge in [-0.3, -0.25) is 10.1 Å². The molecule has 0 bridgehead atoms. The topological polar surface area (TPSA) is 56.0 Å². The van der Waals surface area contributed by atoms with E-state index < -0.39 is 4.92 Å². The summed E-state index contributed by atoms with van der Waals surface area (Å²) in [5, 5.41) is 13.6. The molecule has 0 spiro atoms. The number of rotatable bonds is 3. The summed E-state index contributed by atoms with van der Waals surface area (Å²) in [6, 6.07) is 12.2. The number of hydrogen-bond acceptors (Lipinski definition) is 4. The second kappa shape index (κ2) is 6.35. The van der Waals surface area contributed by atoms with Crippen molar-refractivity contribution in [3.05, 3.63) is 62.6 Å². The molecule has 23 heavy (non-hydrogen) atoms. The summed E-state index contributed by atoms with van der Waals surface area (Å²) in [4.78, 5) is 15.7. The molecule has 0 atom stereocenters. The first kappa shape index (κ1) is 16.1. The van der Waals surface area contributed by atoms with Crippen LogP contribution in [-0.4, -0.2) is 16.2 Å². The third kappa shape index (κ3) is 2.87. The molecule has 1 heterocycles. The van der Waals surface area contributed by atoms with Crippen molar-refractivity contribution in [2.75, 3.05) is 6.26 Å². The summed E-state index contributed by atoms with van der Waals surface area (Å²) in [7, 11) is 0. The molecule has 0 unspecified atom stereocenters. The quantitative estimate of drug-likeness (QED) is 0.332. The van der Waals surface area contributed by atoms with Crippen LogP contribution in [0.25, 0.3) is 22.0 Å². The Morgan fingerprint density at radius 1 is 1.17 bits per heavy atom. The second-order valence-electron chi connectivity index (χ2n) is 4.74. The molecule has 0 aliphatic carbocycles. The Kier molecular flexibility index (Phi) is 4.43. The fraction of sp³-hybridized carbons (Fsp3) is 0.0625. The Bertz CT molecular complexity index is 931. The highest BCUT2D eigenvalue weighted by Gasteiger charge is 2.26. The van der Waals surface area contributed by atoms with Gasteiger partial charge in [0.15, 0.2) is 5.03 Å². The molecule has 0 N–H and O–H groups in total. The van der Waals surface area contributed by atoms with Crippen LogP contribution in [0.15, 0.2) is 47.5 Å². The molecular formula is C16H10Cl2N2O2S. The number of halogens is 2. The molecule has 0 aliphatic rings. The molecule has 0 saturated carbocycles. The molecule has 2 aromatic carbocycles. The lowest BCUT2D eigenvalue weighted by Crippen LogP contribution is -1.99. The normalized spacial score (nSPS) is 10.9. The molecule has 0 amide bonds. The molecule has 3 rings (SSSR count). The van der Waals surface area contributed by atoms with Gasteiger partial charge in [0.25, 0.3) is 0 Å². The van der Waals surface area contributed by atoms with Gasteiger partial charge < -0.3 is 0 Å². The zero-order chi connectivity index (χ0) is 16.6. The van der Waals surface area contributed by atoms with Crippen LogP contribution in [0.1, 0.15) is 0 Å². The van der Waals surface area contributed by atoms with Crippen LogP contribution in [0.5, 0.6) is 0 Å². The third-order valence-corrected chi connectivity index (χ3v) is 4.64. The van der Waals surface area contributed by atoms with E-state index in [-0.39, 0.29) is 5.69 Å². The number of hydrogen-bond donors (Lipinski definition) is 0. The summed E-state index contributed by atoms with van der Waals surface area (Å²) in [6.07, 6.45) is 1.76. The Hall–Kier alpha value is -1.82. The summed E-state index contributed by atoms with van der Waals surface area (Å²) >= 11 is 13.6. The smallest absolute Gasteiger partial charge is 0.258 e. The zero-order valence-corrected chi connectivity index (χ0v) is 14.2. The highest BCUT2D eigenvalue weighted by Crippen LogP contribution is 2.44. The van der Waals surface area contributed by atoms with Gasteiger partial charge in [0, 0.05) is 21.0 Å². The molecule has 1 aromatic heterocycles. The van der Waals surface area contributed by atoms with Crippen LogP contribution in [0.3, 0.4) is 0 Å². The number of benzene rings is 2. The molecule has 0 saturated heterocycles. The summed E-state index contributed by atoms with van der Waals surface area (Å²) < 4.78 is 0. The molecule has 0 fully saturated rings. The maximum atomic E-state index is 11.7. The van der Waals surface area contributed by atoms with Crippen LogP contribution in [0.2, 0.25) is 10.0 Å². The highest BCUT2D eigenvalue weighted by molar-refractivity contribution is 7.98. The number of nitrogens with zero attached hydrogens (tertiary/aromatic N) is 2. The van der Waals surface area contributed by atoms with E-state index in [1.54, 1.807) is 48.7 Å². The molecule has 116 valence electrons. The number of aromatic nitrogens is 1. The van der Waals surface area contributed by atoms with Gasteiger partial charge in [-0.15, -0.1) is 11.8 Å². The molecule has 4 nitrogen and oxygen atoms in total. The van der Waals surface area contributed by atoms with Crippen molar-refractivity contribution < 1.29 is 4.92 Å². The van der Waals surface area contributed by atoms with Gasteiger partial charge in [0.2, 0.25) is 0 Å². The average molecular weight is 365 g/mol. The van der Waals surface area contributed by atoms with Gasteiger partial charge in [-0.25, -0.2) is 4.98 Å². The van der Waals surface area contributed by atoms with E-state index >= 15 is 0 Å². The molecule has 0 aliphatic heterocycles. The lowest BCUT2D eigenvalue weighted by molar-refractivity contribution is -0.387. The van der Waals surface area contributed by atoms with Gasteiger partial charge in [-0.1, -0.05) is 41.4 Å². The summed E-state index contributed by atoms with van der Waals surface area (Å²) in [5.74, 6) is 0. The van der Waals surface area contributed by atoms with Gasteiger partial charge in [0.1, 0.15) is 0 Å². The van der Waals surface area contributed by atoms with Gasteiger partial charge >= 0.3 is 5.69 Å². The van der Waals surface area contributed by atoms with Crippen molar-refractivity contribution in [1.29, 1.82) is 0 Å². The maximum absolute atomic E-state index is 11.7. The number of fused-ring (bicyclic) bond motifs is 1. The number of pyridine rings is 1. The van der Waals surface area contributed by atoms with Crippen molar-refractivity contribution in [3.63, 3.8) is 0 Å². The van der Waals surface area contributed by atoms with E-state index in [1.165, 1.54) is 11.8 Å². The van der Waals surface area contributed by atoms with E-state index in [2.05, 4.69) is 4.98 Å². The highest BCUT2D eigenvalue weighted by atomic mass is 35.5. The van der Waals surface area contributed by atoms with Crippen LogP contribution in [0, 0.1) is 10.1 Å². The minimum Gasteiger partial charge on any atom is -0.258 e. The maximum Gasteiger partial charge on any atom is 0.309 e. The molecule has 3 aromatic rings. The SMILES string of the molecule is CSc1nc2ccc(Cl)cc2c(-c2ccccc2Cl)c1[N+](=O)[O-]. The van der Waals surface area contributed by atoms with Crippen molar-refractivity contribution in [1.82, 2.24) is 4.98 Å². The van der Waals surface area contributed by atoms with Crippen molar-refractivity contribution in [3.8, 4) is 11.1 Å². The Morgan fingerprint density at radius 3 is 2.57 bits per heavy atom. The van der Waals surface area contributed by atoms with Crippen molar-refractivity contribution >= 4 is 51.6 Å². The Balaban J connectivity index is 2.54. The first-order valence-corrected chi connectivity index (χ1v) is 8.57. The van der Waals surface area contributed by atoms with E-state index in [1.807, 2.05) is 0 Å². The van der Waals surface area contributed by atoms with E-state index in [9.17, 15) is 10.1 Å². The van der Waals surface area contributed by atoms with Crippen LogP contribution >= 0.6 is 35.0 Å². The van der Waals surface area contributed by atoms with Crippen LogP contribution in [-0.2, 0) is 0 Å². The monoisotopic (exact) mass is 364 g/mol. The molecule has 7 heteroatoms. The van der Waals surface area contributed by atoms with Gasteiger partial charge in [-0.05, 0) is 30.5 Å². The standard InChI is InChI=1S/C16H10Cl2N2O2S/c1-23-16-15(20(21)22)14(10-4-2-3-5-12(10)18)11-8-9(17)6-7-13(11)19-16/h2-8H,1H3. The van der Waals surface area contributed by atoms with E-state index in [0.29, 0.717) is 37.1 Å². The van der Waals surface area contributed by atoms with Gasteiger partial charge in [-0.2, -0.15) is 0 Å². The van der Waals surface area contributed by atoms with E-state index in [0.717, 1.165) is 0 Å². The number of thioether (sulfide) groups is 1. The summed E-state index contributed by atoms with van der Waals surface area (Å²) in [5.41, 5.74) is 1.61. The lowest BCUT2D eigenvalue weighted by atomic mass is 9.99. The van der Waals surface area contributed by atoms with Gasteiger partial charge in [0.05, 0.1) is 16.0 Å². The summed E-state index contributed by atoms with van der Waals surface area (Å²) in [6.45, 7) is 0. The zero-order valence-electron chi connectivity index (χ0n) is 11.9. The van der Waals surface area contributed by atoms with Crippen LogP contribution in [0.4, 0.5) is 5.69 Å². The second-order valence-corrected chi connectivity index (χ2v) is 6.38. The lowest BCUT2D eigenvalue weighted by Gasteiger charge is -2.12. The predicted molar refractivity (Wildman–Crippen MR) is 95.6 cm³/mol. The third-order valence-electron chi connectivity index (χ3n) is 3.41. The van der Waals surface area contributed by atoms with Crippen molar-refractivity contribution in [2.45, 2.75) is 5.03 Å². The molecule has 0 radical (unpaired) electrons. The first-order chi connectivity index (χ1) is 11.0. The Labute approximate surface area is 146 Å². The minimum absolute atomic E-state index is 0.0552.